The molecule has 0 spiro atoms. The number of nitrogens with one attached hydrogen (secondary N) is 2. The zero-order chi connectivity index (χ0) is 17.8. The van der Waals surface area contributed by atoms with Crippen LogP contribution in [0.3, 0.4) is 0 Å². The van der Waals surface area contributed by atoms with Gasteiger partial charge in [-0.15, -0.1) is 0 Å². The van der Waals surface area contributed by atoms with E-state index in [0.717, 1.165) is 23.3 Å². The summed E-state index contributed by atoms with van der Waals surface area (Å²) in [4.78, 5) is 7.27. The van der Waals surface area contributed by atoms with Crippen LogP contribution in [0.4, 0.5) is 5.69 Å². The average Bonchev–Trinajstić information content (AvgIpc) is 3.33. The summed E-state index contributed by atoms with van der Waals surface area (Å²) in [6.45, 7) is 1.97. The molecule has 0 radical (unpaired) electrons. The predicted octanol–water partition coefficient (Wildman–Crippen LogP) is 4.71. The van der Waals surface area contributed by atoms with Crippen molar-refractivity contribution in [2.75, 3.05) is 11.9 Å². The fraction of sp³-hybridized carbons (Fsp3) is 0.150. The number of anilines is 1. The molecule has 26 heavy (non-hydrogen) atoms. The van der Waals surface area contributed by atoms with Crippen LogP contribution in [0.5, 0.6) is 5.75 Å². The number of fused-ring (bicyclic) bond motifs is 1. The summed E-state index contributed by atoms with van der Waals surface area (Å²) in [7, 11) is 0. The van der Waals surface area contributed by atoms with Gasteiger partial charge in [0.05, 0.1) is 29.1 Å². The van der Waals surface area contributed by atoms with Gasteiger partial charge in [-0.25, -0.2) is 4.98 Å². The molecule has 0 unspecified atom stereocenters. The lowest BCUT2D eigenvalue weighted by Crippen LogP contribution is -2.07. The van der Waals surface area contributed by atoms with E-state index in [1.165, 1.54) is 5.39 Å². The summed E-state index contributed by atoms with van der Waals surface area (Å²) in [6, 6.07) is 14.1. The normalized spacial score (nSPS) is 11.0. The largest absolute Gasteiger partial charge is 0.490 e. The number of H-pyrrole nitrogens is 1. The van der Waals surface area contributed by atoms with Gasteiger partial charge in [-0.05, 0) is 29.8 Å². The number of para-hydroxylation sites is 1. The van der Waals surface area contributed by atoms with E-state index in [-0.39, 0.29) is 0 Å². The van der Waals surface area contributed by atoms with Gasteiger partial charge in [-0.2, -0.15) is 0 Å². The molecule has 4 aromatic rings. The second kappa shape index (κ2) is 7.54. The Kier molecular flexibility index (Phi) is 4.80. The lowest BCUT2D eigenvalue weighted by atomic mass is 10.2. The predicted molar refractivity (Wildman–Crippen MR) is 105 cm³/mol. The molecule has 0 bridgehead atoms. The van der Waals surface area contributed by atoms with Gasteiger partial charge in [-0.3, -0.25) is 0 Å². The molecule has 2 aromatic heterocycles. The van der Waals surface area contributed by atoms with Crippen LogP contribution in [-0.4, -0.2) is 21.1 Å². The standard InChI is InChI=1S/C20H19ClN4O/c21-17-12-15(4-5-19(17)26-11-10-25-9-8-22-14-25)13-24-18-3-1-2-16-6-7-23-20(16)18/h1-9,12,14,23-24H,10-11,13H2. The Bertz CT molecular complexity index is 994. The van der Waals surface area contributed by atoms with Crippen molar-refractivity contribution in [3.63, 3.8) is 0 Å². The van der Waals surface area contributed by atoms with Crippen LogP contribution in [0.15, 0.2) is 67.4 Å². The molecule has 132 valence electrons. The summed E-state index contributed by atoms with van der Waals surface area (Å²) < 4.78 is 7.73. The minimum absolute atomic E-state index is 0.544. The molecule has 2 heterocycles. The molecule has 2 aromatic carbocycles. The highest BCUT2D eigenvalue weighted by Crippen LogP contribution is 2.27. The minimum atomic E-state index is 0.544. The second-order valence-corrected chi connectivity index (χ2v) is 6.42. The Morgan fingerprint density at radius 2 is 2.15 bits per heavy atom. The first-order valence-corrected chi connectivity index (χ1v) is 8.84. The molecule has 0 aliphatic heterocycles. The monoisotopic (exact) mass is 366 g/mol. The van der Waals surface area contributed by atoms with Crippen LogP contribution in [0.25, 0.3) is 10.9 Å². The first kappa shape index (κ1) is 16.5. The lowest BCUT2D eigenvalue weighted by molar-refractivity contribution is 0.298. The molecule has 6 heteroatoms. The molecule has 0 saturated carbocycles. The highest BCUT2D eigenvalue weighted by atomic mass is 35.5. The number of imidazole rings is 1. The Hall–Kier alpha value is -2.92. The quantitative estimate of drug-likeness (QED) is 0.498. The van der Waals surface area contributed by atoms with Crippen LogP contribution in [0.2, 0.25) is 5.02 Å². The highest BCUT2D eigenvalue weighted by Gasteiger charge is 2.05. The second-order valence-electron chi connectivity index (χ2n) is 6.01. The summed E-state index contributed by atoms with van der Waals surface area (Å²) >= 11 is 6.37. The van der Waals surface area contributed by atoms with Crippen molar-refractivity contribution in [1.29, 1.82) is 0 Å². The number of aromatic amines is 1. The number of benzene rings is 2. The Morgan fingerprint density at radius 3 is 3.00 bits per heavy atom. The van der Waals surface area contributed by atoms with Crippen LogP contribution in [-0.2, 0) is 13.1 Å². The smallest absolute Gasteiger partial charge is 0.137 e. The van der Waals surface area contributed by atoms with Gasteiger partial charge in [0.1, 0.15) is 12.4 Å². The summed E-state index contributed by atoms with van der Waals surface area (Å²) in [5.41, 5.74) is 3.28. The molecule has 5 nitrogen and oxygen atoms in total. The van der Waals surface area contributed by atoms with Gasteiger partial charge in [-0.1, -0.05) is 29.8 Å². The number of hydrogen-bond acceptors (Lipinski definition) is 3. The molecular formula is C20H19ClN4O. The number of nitrogens with zero attached hydrogens (tertiary/aromatic N) is 2. The van der Waals surface area contributed by atoms with Crippen LogP contribution >= 0.6 is 11.6 Å². The molecule has 0 amide bonds. The Morgan fingerprint density at radius 1 is 1.19 bits per heavy atom. The number of hydrogen-bond donors (Lipinski definition) is 2. The van der Waals surface area contributed by atoms with E-state index in [4.69, 9.17) is 16.3 Å². The van der Waals surface area contributed by atoms with Crippen molar-refractivity contribution in [3.8, 4) is 5.75 Å². The zero-order valence-corrected chi connectivity index (χ0v) is 14.9. The van der Waals surface area contributed by atoms with Crippen molar-refractivity contribution in [3.05, 3.63) is 78.0 Å². The van der Waals surface area contributed by atoms with Crippen molar-refractivity contribution in [2.24, 2.45) is 0 Å². The van der Waals surface area contributed by atoms with Crippen molar-refractivity contribution >= 4 is 28.2 Å². The molecular weight excluding hydrogens is 348 g/mol. The fourth-order valence-electron chi connectivity index (χ4n) is 2.88. The summed E-state index contributed by atoms with van der Waals surface area (Å²) in [5, 5.41) is 5.27. The SMILES string of the molecule is Clc1cc(CNc2cccc3cc[nH]c23)ccc1OCCn1ccnc1. The first-order valence-electron chi connectivity index (χ1n) is 8.46. The molecule has 0 aliphatic carbocycles. The van der Waals surface area contributed by atoms with Gasteiger partial charge < -0.3 is 19.6 Å². The van der Waals surface area contributed by atoms with Gasteiger partial charge in [0.15, 0.2) is 0 Å². The molecule has 0 saturated heterocycles. The van der Waals surface area contributed by atoms with Gasteiger partial charge >= 0.3 is 0 Å². The molecule has 0 fully saturated rings. The maximum atomic E-state index is 6.37. The van der Waals surface area contributed by atoms with E-state index in [2.05, 4.69) is 33.5 Å². The maximum absolute atomic E-state index is 6.37. The van der Waals surface area contributed by atoms with E-state index in [1.54, 1.807) is 12.5 Å². The number of ether oxygens (including phenoxy) is 1. The van der Waals surface area contributed by atoms with Gasteiger partial charge in [0.25, 0.3) is 0 Å². The number of halogens is 1. The van der Waals surface area contributed by atoms with Gasteiger partial charge in [0, 0.05) is 30.5 Å². The third kappa shape index (κ3) is 3.68. The molecule has 2 N–H and O–H groups in total. The van der Waals surface area contributed by atoms with Gasteiger partial charge in [0.2, 0.25) is 0 Å². The average molecular weight is 367 g/mol. The van der Waals surface area contributed by atoms with E-state index in [0.29, 0.717) is 23.9 Å². The van der Waals surface area contributed by atoms with Crippen LogP contribution in [0, 0.1) is 0 Å². The molecule has 4 rings (SSSR count). The van der Waals surface area contributed by atoms with E-state index in [1.807, 2.05) is 41.2 Å². The fourth-order valence-corrected chi connectivity index (χ4v) is 3.14. The topological polar surface area (TPSA) is 54.9 Å². The van der Waals surface area contributed by atoms with Crippen LogP contribution in [0.1, 0.15) is 5.56 Å². The molecule has 0 atom stereocenters. The summed E-state index contributed by atoms with van der Waals surface area (Å²) in [5.74, 6) is 0.696. The Balaban J connectivity index is 1.37. The van der Waals surface area contributed by atoms with E-state index >= 15 is 0 Å². The van der Waals surface area contributed by atoms with E-state index in [9.17, 15) is 0 Å². The minimum Gasteiger partial charge on any atom is -0.490 e. The third-order valence-corrected chi connectivity index (χ3v) is 4.53. The number of aromatic nitrogens is 3. The third-order valence-electron chi connectivity index (χ3n) is 4.23. The van der Waals surface area contributed by atoms with E-state index < -0.39 is 0 Å². The number of rotatable bonds is 7. The molecule has 0 aliphatic rings. The highest BCUT2D eigenvalue weighted by molar-refractivity contribution is 6.32. The maximum Gasteiger partial charge on any atom is 0.137 e. The summed E-state index contributed by atoms with van der Waals surface area (Å²) in [6.07, 6.45) is 7.38. The Labute approximate surface area is 156 Å². The van der Waals surface area contributed by atoms with Crippen molar-refractivity contribution in [1.82, 2.24) is 14.5 Å². The first-order chi connectivity index (χ1) is 12.8. The van der Waals surface area contributed by atoms with Crippen molar-refractivity contribution < 1.29 is 4.74 Å². The zero-order valence-electron chi connectivity index (χ0n) is 14.2. The van der Waals surface area contributed by atoms with Crippen LogP contribution < -0.4 is 10.1 Å². The lowest BCUT2D eigenvalue weighted by Gasteiger charge is -2.11. The van der Waals surface area contributed by atoms with Crippen molar-refractivity contribution in [2.45, 2.75) is 13.1 Å².